The zero-order valence-electron chi connectivity index (χ0n) is 30.0. The first kappa shape index (κ1) is 38.0. The lowest BCUT2D eigenvalue weighted by molar-refractivity contribution is 0.154. The molecule has 0 aliphatic rings. The van der Waals surface area contributed by atoms with E-state index in [1.165, 1.54) is 11.8 Å². The molecule has 0 fully saturated rings. The normalized spacial score (nSPS) is 10.6. The van der Waals surface area contributed by atoms with Gasteiger partial charge in [0.1, 0.15) is 24.7 Å². The molecule has 55 heavy (non-hydrogen) atoms. The Morgan fingerprint density at radius 2 is 0.891 bits per heavy atom. The fourth-order valence-electron chi connectivity index (χ4n) is 5.88. The van der Waals surface area contributed by atoms with Crippen molar-refractivity contribution in [2.45, 2.75) is 35.8 Å². The molecule has 8 nitrogen and oxygen atoms in total. The van der Waals surface area contributed by atoms with Crippen LogP contribution in [0, 0.1) is 0 Å². The van der Waals surface area contributed by atoms with Crippen molar-refractivity contribution in [2.75, 3.05) is 10.6 Å². The number of amides is 2. The topological polar surface area (TPSA) is 117 Å². The number of carbonyl (C=O) groups excluding carboxylic acids is 2. The predicted octanol–water partition coefficient (Wildman–Crippen LogP) is 11.5. The Morgan fingerprint density at radius 3 is 1.25 bits per heavy atom. The van der Waals surface area contributed by atoms with Crippen LogP contribution in [0.3, 0.4) is 0 Å². The van der Waals surface area contributed by atoms with E-state index in [0.717, 1.165) is 56.0 Å². The first-order valence-corrected chi connectivity index (χ1v) is 18.4. The van der Waals surface area contributed by atoms with Crippen LogP contribution in [0.2, 0.25) is 0 Å². The quantitative estimate of drug-likeness (QED) is 0.0819. The van der Waals surface area contributed by atoms with Gasteiger partial charge < -0.3 is 19.7 Å². The van der Waals surface area contributed by atoms with Crippen molar-refractivity contribution in [3.05, 3.63) is 181 Å². The van der Waals surface area contributed by atoms with Gasteiger partial charge >= 0.3 is 12.2 Å². The Bertz CT molecular complexity index is 2110. The van der Waals surface area contributed by atoms with Crippen LogP contribution in [0.25, 0.3) is 22.3 Å². The molecule has 0 atom stereocenters. The maximum atomic E-state index is 13.2. The zero-order valence-corrected chi connectivity index (χ0v) is 30.9. The van der Waals surface area contributed by atoms with Crippen molar-refractivity contribution < 1.29 is 29.3 Å². The van der Waals surface area contributed by atoms with Crippen LogP contribution in [0.15, 0.2) is 169 Å². The van der Waals surface area contributed by atoms with Crippen molar-refractivity contribution >= 4 is 35.3 Å². The van der Waals surface area contributed by atoms with E-state index in [1.807, 2.05) is 84.9 Å². The second kappa shape index (κ2) is 18.4. The van der Waals surface area contributed by atoms with E-state index in [1.54, 1.807) is 60.7 Å². The van der Waals surface area contributed by atoms with Gasteiger partial charge in [0, 0.05) is 20.9 Å². The van der Waals surface area contributed by atoms with Crippen LogP contribution in [0.1, 0.15) is 22.3 Å². The maximum absolute atomic E-state index is 13.2. The number of phenolic OH excluding ortho intramolecular Hbond substituents is 2. The molecule has 0 aromatic heterocycles. The molecule has 0 aliphatic carbocycles. The minimum atomic E-state index is -0.625. The molecule has 0 radical (unpaired) electrons. The van der Waals surface area contributed by atoms with Gasteiger partial charge in [-0.2, -0.15) is 0 Å². The molecular weight excluding hydrogens is 709 g/mol. The van der Waals surface area contributed by atoms with Crippen LogP contribution < -0.4 is 10.6 Å². The number of carbonyl (C=O) groups is 2. The molecule has 0 saturated heterocycles. The molecule has 0 spiro atoms. The van der Waals surface area contributed by atoms with Crippen LogP contribution in [0.4, 0.5) is 21.0 Å². The van der Waals surface area contributed by atoms with Gasteiger partial charge in [0.15, 0.2) is 0 Å². The van der Waals surface area contributed by atoms with Gasteiger partial charge in [-0.25, -0.2) is 9.59 Å². The molecule has 9 heteroatoms. The molecule has 2 amide bonds. The summed E-state index contributed by atoms with van der Waals surface area (Å²) in [6, 6.07) is 40.2. The second-order valence-corrected chi connectivity index (χ2v) is 13.7. The Morgan fingerprint density at radius 1 is 0.527 bits per heavy atom. The molecule has 0 aliphatic heterocycles. The largest absolute Gasteiger partial charge is 0.508 e. The third-order valence-electron chi connectivity index (χ3n) is 8.60. The van der Waals surface area contributed by atoms with Gasteiger partial charge in [0.05, 0.1) is 11.4 Å². The third-order valence-corrected chi connectivity index (χ3v) is 9.72. The van der Waals surface area contributed by atoms with Crippen molar-refractivity contribution in [1.29, 1.82) is 0 Å². The summed E-state index contributed by atoms with van der Waals surface area (Å²) in [5.74, 6) is 0.207. The van der Waals surface area contributed by atoms with Crippen molar-refractivity contribution in [2.24, 2.45) is 0 Å². The summed E-state index contributed by atoms with van der Waals surface area (Å²) in [5.41, 5.74) is 7.84. The second-order valence-electron chi connectivity index (χ2n) is 12.6. The first-order valence-electron chi connectivity index (χ1n) is 17.6. The minimum absolute atomic E-state index is 0.0867. The SMILES string of the molecule is C=CCc1ccc(COC(=O)Nc2cccc(Sc3cccc(NC(=O)OCc4ccc(CC=C)cc4)c3-c3ccc(O)cc3)c2-c2ccc(O)cc2)cc1. The van der Waals surface area contributed by atoms with E-state index in [2.05, 4.69) is 23.8 Å². The van der Waals surface area contributed by atoms with Gasteiger partial charge in [-0.3, -0.25) is 10.6 Å². The van der Waals surface area contributed by atoms with Crippen LogP contribution in [0.5, 0.6) is 11.5 Å². The van der Waals surface area contributed by atoms with E-state index in [0.29, 0.717) is 22.5 Å². The Balaban J connectivity index is 1.28. The highest BCUT2D eigenvalue weighted by molar-refractivity contribution is 7.99. The summed E-state index contributed by atoms with van der Waals surface area (Å²) in [4.78, 5) is 27.9. The Labute approximate surface area is 324 Å². The van der Waals surface area contributed by atoms with Crippen molar-refractivity contribution in [3.8, 4) is 33.8 Å². The van der Waals surface area contributed by atoms with Crippen LogP contribution in [-0.4, -0.2) is 22.4 Å². The molecule has 6 aromatic rings. The maximum Gasteiger partial charge on any atom is 0.411 e. The smallest absolute Gasteiger partial charge is 0.411 e. The predicted molar refractivity (Wildman–Crippen MR) is 220 cm³/mol. The fraction of sp³-hybridized carbons (Fsp3) is 0.0870. The van der Waals surface area contributed by atoms with E-state index < -0.39 is 12.2 Å². The summed E-state index contributed by atoms with van der Waals surface area (Å²) in [5, 5.41) is 26.0. The number of phenols is 2. The first-order chi connectivity index (χ1) is 26.8. The number of nitrogens with one attached hydrogen (secondary N) is 2. The van der Waals surface area contributed by atoms with E-state index in [9.17, 15) is 19.8 Å². The lowest BCUT2D eigenvalue weighted by atomic mass is 10.0. The molecule has 4 N–H and O–H groups in total. The van der Waals surface area contributed by atoms with Crippen molar-refractivity contribution in [3.63, 3.8) is 0 Å². The summed E-state index contributed by atoms with van der Waals surface area (Å²) in [7, 11) is 0. The Kier molecular flexibility index (Phi) is 12.7. The monoisotopic (exact) mass is 748 g/mol. The molecule has 0 bridgehead atoms. The number of benzene rings is 6. The average Bonchev–Trinajstić information content (AvgIpc) is 3.19. The van der Waals surface area contributed by atoms with E-state index >= 15 is 0 Å². The highest BCUT2D eigenvalue weighted by Gasteiger charge is 2.20. The molecule has 276 valence electrons. The van der Waals surface area contributed by atoms with Gasteiger partial charge in [0.25, 0.3) is 0 Å². The highest BCUT2D eigenvalue weighted by Crippen LogP contribution is 2.46. The average molecular weight is 749 g/mol. The number of allylic oxidation sites excluding steroid dienone is 2. The summed E-state index contributed by atoms with van der Waals surface area (Å²) >= 11 is 1.43. The molecular formula is C46H40N2O6S. The standard InChI is InChI=1S/C46H40N2O6S/c1-3-7-31-13-17-33(18-14-31)29-53-45(51)47-39-9-5-11-41(43(39)35-21-25-37(49)26-22-35)55-42-12-6-10-40(44(42)36-23-27-38(50)28-24-36)48-46(52)54-30-34-19-15-32(8-4-2)16-20-34/h3-6,9-28,49-50H,1-2,7-8,29-30H2,(H,47,51)(H,48,52). The third kappa shape index (κ3) is 10.2. The number of anilines is 2. The summed E-state index contributed by atoms with van der Waals surface area (Å²) in [6.45, 7) is 7.72. The molecule has 0 saturated carbocycles. The number of aromatic hydroxyl groups is 2. The number of ether oxygens (including phenoxy) is 2. The number of hydrogen-bond acceptors (Lipinski definition) is 7. The van der Waals surface area contributed by atoms with Gasteiger partial charge in [0.2, 0.25) is 0 Å². The lowest BCUT2D eigenvalue weighted by Crippen LogP contribution is -2.14. The fourth-order valence-corrected chi connectivity index (χ4v) is 7.07. The van der Waals surface area contributed by atoms with Gasteiger partial charge in [-0.05, 0) is 94.8 Å². The Hall–Kier alpha value is -6.71. The van der Waals surface area contributed by atoms with E-state index in [-0.39, 0.29) is 24.7 Å². The molecule has 0 heterocycles. The van der Waals surface area contributed by atoms with Gasteiger partial charge in [-0.15, -0.1) is 13.2 Å². The summed E-state index contributed by atoms with van der Waals surface area (Å²) < 4.78 is 11.2. The van der Waals surface area contributed by atoms with Crippen molar-refractivity contribution in [1.82, 2.24) is 0 Å². The molecule has 6 aromatic carbocycles. The molecule has 6 rings (SSSR count). The van der Waals surface area contributed by atoms with Crippen LogP contribution in [-0.2, 0) is 35.5 Å². The summed E-state index contributed by atoms with van der Waals surface area (Å²) in [6.07, 6.45) is 3.93. The number of hydrogen-bond donors (Lipinski definition) is 4. The number of rotatable bonds is 14. The molecule has 0 unspecified atom stereocenters. The minimum Gasteiger partial charge on any atom is -0.508 e. The van der Waals surface area contributed by atoms with Crippen LogP contribution >= 0.6 is 11.8 Å². The highest BCUT2D eigenvalue weighted by atomic mass is 32.2. The lowest BCUT2D eigenvalue weighted by Gasteiger charge is -2.19. The van der Waals surface area contributed by atoms with E-state index in [4.69, 9.17) is 9.47 Å². The zero-order chi connectivity index (χ0) is 38.6. The van der Waals surface area contributed by atoms with Gasteiger partial charge in [-0.1, -0.05) is 109 Å².